The number of aryl methyl sites for hydroxylation is 1. The number of halogens is 3. The zero-order valence-corrected chi connectivity index (χ0v) is 24.2. The van der Waals surface area contributed by atoms with Gasteiger partial charge in [-0.2, -0.15) is 0 Å². The second-order valence-electron chi connectivity index (χ2n) is 9.97. The molecule has 1 amide bonds. The molecule has 5 aromatic rings. The molecule has 42 heavy (non-hydrogen) atoms. The van der Waals surface area contributed by atoms with Gasteiger partial charge >= 0.3 is 5.97 Å². The predicted molar refractivity (Wildman–Crippen MR) is 161 cm³/mol. The van der Waals surface area contributed by atoms with Gasteiger partial charge in [0, 0.05) is 26.2 Å². The summed E-state index contributed by atoms with van der Waals surface area (Å²) in [7, 11) is 0. The largest absolute Gasteiger partial charge is 0.478 e. The minimum Gasteiger partial charge on any atom is -0.478 e. The van der Waals surface area contributed by atoms with Crippen LogP contribution in [0.3, 0.4) is 0 Å². The molecule has 0 saturated carbocycles. The molecular formula is C31H23Cl3N4O4. The zero-order chi connectivity index (χ0) is 29.4. The van der Waals surface area contributed by atoms with E-state index in [9.17, 15) is 14.7 Å². The molecule has 4 aromatic carbocycles. The molecule has 2 atom stereocenters. The highest BCUT2D eigenvalue weighted by Gasteiger charge is 2.26. The van der Waals surface area contributed by atoms with E-state index in [0.717, 1.165) is 18.4 Å². The molecule has 0 saturated heterocycles. The van der Waals surface area contributed by atoms with Gasteiger partial charge in [0.05, 0.1) is 18.1 Å². The topological polar surface area (TPSA) is 106 Å². The van der Waals surface area contributed by atoms with Crippen LogP contribution in [0.1, 0.15) is 51.2 Å². The summed E-state index contributed by atoms with van der Waals surface area (Å²) in [6.07, 6.45) is 0.445. The van der Waals surface area contributed by atoms with E-state index in [1.807, 2.05) is 12.1 Å². The third-order valence-corrected chi connectivity index (χ3v) is 8.21. The summed E-state index contributed by atoms with van der Waals surface area (Å²) in [5.74, 6) is -1.10. The van der Waals surface area contributed by atoms with E-state index < -0.39 is 12.1 Å². The molecule has 0 radical (unpaired) electrons. The van der Waals surface area contributed by atoms with Gasteiger partial charge in [-0.15, -0.1) is 5.10 Å². The lowest BCUT2D eigenvalue weighted by Gasteiger charge is -2.18. The molecule has 11 heteroatoms. The molecule has 0 fully saturated rings. The van der Waals surface area contributed by atoms with E-state index in [4.69, 9.17) is 39.5 Å². The van der Waals surface area contributed by atoms with E-state index in [2.05, 4.69) is 27.8 Å². The Labute approximate surface area is 255 Å². The van der Waals surface area contributed by atoms with E-state index >= 15 is 0 Å². The van der Waals surface area contributed by atoms with Crippen LogP contribution in [0, 0.1) is 0 Å². The summed E-state index contributed by atoms with van der Waals surface area (Å²) in [6, 6.07) is 22.8. The van der Waals surface area contributed by atoms with Crippen molar-refractivity contribution < 1.29 is 19.4 Å². The molecule has 2 N–H and O–H groups in total. The van der Waals surface area contributed by atoms with Crippen LogP contribution in [-0.2, 0) is 17.8 Å². The monoisotopic (exact) mass is 620 g/mol. The van der Waals surface area contributed by atoms with E-state index in [1.54, 1.807) is 47.1 Å². The maximum Gasteiger partial charge on any atom is 0.349 e. The summed E-state index contributed by atoms with van der Waals surface area (Å²) in [5, 5.41) is 22.5. The lowest BCUT2D eigenvalue weighted by Crippen LogP contribution is -2.27. The summed E-state index contributed by atoms with van der Waals surface area (Å²) in [6.45, 7) is 0.233. The molecule has 2 unspecified atom stereocenters. The standard InChI is InChI=1S/C31H23Cl3N4O4/c32-20-7-9-23(25(34)15-20)29(31(40)41)42-21-8-10-24(33)19(13-21)16-38-28-12-6-18(14-27(28)36-37-38)30(39)35-26-11-5-17-3-1-2-4-22(17)26/h1-4,6-10,12-15,26,29H,5,11,16H2,(H,35,39)(H,40,41). The minimum absolute atomic E-state index is 0.0202. The van der Waals surface area contributed by atoms with Crippen molar-refractivity contribution in [3.63, 3.8) is 0 Å². The zero-order valence-electron chi connectivity index (χ0n) is 21.9. The van der Waals surface area contributed by atoms with Gasteiger partial charge in [-0.05, 0) is 78.1 Å². The molecule has 0 aliphatic heterocycles. The molecule has 1 aromatic heterocycles. The third kappa shape index (κ3) is 5.66. The average molecular weight is 622 g/mol. The van der Waals surface area contributed by atoms with Crippen LogP contribution in [0.25, 0.3) is 11.0 Å². The predicted octanol–water partition coefficient (Wildman–Crippen LogP) is 7.06. The highest BCUT2D eigenvalue weighted by atomic mass is 35.5. The number of rotatable bonds is 8. The van der Waals surface area contributed by atoms with Gasteiger partial charge in [-0.1, -0.05) is 70.3 Å². The number of benzene rings is 4. The van der Waals surface area contributed by atoms with Crippen LogP contribution in [0.5, 0.6) is 5.75 Å². The van der Waals surface area contributed by atoms with Crippen molar-refractivity contribution in [2.75, 3.05) is 0 Å². The Morgan fingerprint density at radius 3 is 2.64 bits per heavy atom. The SMILES string of the molecule is O=C(NC1CCc2ccccc21)c1ccc2c(c1)nnn2Cc1cc(OC(C(=O)O)c2ccc(Cl)cc2Cl)ccc1Cl. The van der Waals surface area contributed by atoms with Gasteiger partial charge in [0.1, 0.15) is 11.3 Å². The fourth-order valence-corrected chi connectivity index (χ4v) is 5.87. The van der Waals surface area contributed by atoms with Gasteiger partial charge in [-0.25, -0.2) is 9.48 Å². The van der Waals surface area contributed by atoms with Gasteiger partial charge in [0.15, 0.2) is 0 Å². The number of carbonyl (C=O) groups excluding carboxylic acids is 1. The van der Waals surface area contributed by atoms with Gasteiger partial charge in [0.2, 0.25) is 6.10 Å². The van der Waals surface area contributed by atoms with E-state index in [1.165, 1.54) is 17.7 Å². The maximum atomic E-state index is 13.1. The Morgan fingerprint density at radius 1 is 1.00 bits per heavy atom. The van der Waals surface area contributed by atoms with Crippen molar-refractivity contribution in [1.82, 2.24) is 20.3 Å². The van der Waals surface area contributed by atoms with Gasteiger partial charge in [-0.3, -0.25) is 4.79 Å². The first-order chi connectivity index (χ1) is 20.3. The van der Waals surface area contributed by atoms with Crippen LogP contribution >= 0.6 is 34.8 Å². The van der Waals surface area contributed by atoms with Crippen molar-refractivity contribution >= 4 is 57.7 Å². The molecule has 8 nitrogen and oxygen atoms in total. The fraction of sp³-hybridized carbons (Fsp3) is 0.161. The lowest BCUT2D eigenvalue weighted by atomic mass is 10.1. The Balaban J connectivity index is 1.20. The Bertz CT molecular complexity index is 1840. The number of carboxylic acid groups (broad SMARTS) is 1. The van der Waals surface area contributed by atoms with Crippen LogP contribution < -0.4 is 10.1 Å². The summed E-state index contributed by atoms with van der Waals surface area (Å²) in [4.78, 5) is 25.1. The summed E-state index contributed by atoms with van der Waals surface area (Å²) >= 11 is 18.7. The molecule has 0 spiro atoms. The van der Waals surface area contributed by atoms with Crippen molar-refractivity contribution in [2.24, 2.45) is 0 Å². The lowest BCUT2D eigenvalue weighted by molar-refractivity contribution is -0.145. The molecule has 1 heterocycles. The molecule has 212 valence electrons. The number of amides is 1. The van der Waals surface area contributed by atoms with Crippen molar-refractivity contribution in [1.29, 1.82) is 0 Å². The highest BCUT2D eigenvalue weighted by molar-refractivity contribution is 6.35. The second-order valence-corrected chi connectivity index (χ2v) is 11.2. The van der Waals surface area contributed by atoms with Crippen LogP contribution in [-0.4, -0.2) is 32.0 Å². The molecular weight excluding hydrogens is 599 g/mol. The normalized spacial score (nSPS) is 14.9. The first-order valence-electron chi connectivity index (χ1n) is 13.1. The first kappa shape index (κ1) is 28.0. The number of aliphatic carboxylic acids is 1. The Kier molecular flexibility index (Phi) is 7.77. The number of hydrogen-bond acceptors (Lipinski definition) is 5. The second kappa shape index (κ2) is 11.6. The first-order valence-corrected chi connectivity index (χ1v) is 14.2. The van der Waals surface area contributed by atoms with Crippen LogP contribution in [0.2, 0.25) is 15.1 Å². The average Bonchev–Trinajstić information content (AvgIpc) is 3.57. The highest BCUT2D eigenvalue weighted by Crippen LogP contribution is 2.33. The van der Waals surface area contributed by atoms with E-state index in [0.29, 0.717) is 32.2 Å². The number of nitrogens with zero attached hydrogens (tertiary/aromatic N) is 3. The number of hydrogen-bond donors (Lipinski definition) is 2. The number of carboxylic acids is 1. The van der Waals surface area contributed by atoms with Crippen LogP contribution in [0.4, 0.5) is 0 Å². The number of ether oxygens (including phenoxy) is 1. The molecule has 1 aliphatic carbocycles. The van der Waals surface area contributed by atoms with Gasteiger partial charge < -0.3 is 15.2 Å². The third-order valence-electron chi connectivity index (χ3n) is 7.27. The smallest absolute Gasteiger partial charge is 0.349 e. The summed E-state index contributed by atoms with van der Waals surface area (Å²) < 4.78 is 7.48. The summed E-state index contributed by atoms with van der Waals surface area (Å²) in [5.41, 5.74) is 5.08. The van der Waals surface area contributed by atoms with Crippen molar-refractivity contribution in [3.8, 4) is 5.75 Å². The maximum absolute atomic E-state index is 13.1. The minimum atomic E-state index is -1.36. The van der Waals surface area contributed by atoms with E-state index in [-0.39, 0.29) is 34.8 Å². The van der Waals surface area contributed by atoms with Crippen molar-refractivity contribution in [2.45, 2.75) is 31.5 Å². The number of fused-ring (bicyclic) bond motifs is 2. The Hall–Kier alpha value is -4.11. The molecule has 0 bridgehead atoms. The quantitative estimate of drug-likeness (QED) is 0.192. The van der Waals surface area contributed by atoms with Gasteiger partial charge in [0.25, 0.3) is 5.91 Å². The Morgan fingerprint density at radius 2 is 1.83 bits per heavy atom. The molecule has 1 aliphatic rings. The van der Waals surface area contributed by atoms with Crippen LogP contribution in [0.15, 0.2) is 78.9 Å². The number of aromatic nitrogens is 3. The fourth-order valence-electron chi connectivity index (χ4n) is 5.18. The van der Waals surface area contributed by atoms with Crippen molar-refractivity contribution in [3.05, 3.63) is 122 Å². The number of carbonyl (C=O) groups is 2. The molecule has 6 rings (SSSR count). The number of nitrogens with one attached hydrogen (secondary N) is 1.